The molecule has 2 N–H and O–H groups in total. The molecule has 1 unspecified atom stereocenters. The minimum atomic E-state index is 0.400. The van der Waals surface area contributed by atoms with E-state index in [4.69, 9.17) is 0 Å². The summed E-state index contributed by atoms with van der Waals surface area (Å²) in [5.41, 5.74) is 2.69. The van der Waals surface area contributed by atoms with E-state index in [0.717, 1.165) is 12.5 Å². The van der Waals surface area contributed by atoms with Crippen molar-refractivity contribution in [3.05, 3.63) is 29.3 Å². The van der Waals surface area contributed by atoms with Crippen LogP contribution in [0.25, 0.3) is 0 Å². The van der Waals surface area contributed by atoms with Crippen LogP contribution >= 0.6 is 0 Å². The largest absolute Gasteiger partial charge is 0.508 e. The molecule has 0 saturated heterocycles. The molecule has 1 atom stereocenters. The van der Waals surface area contributed by atoms with Gasteiger partial charge >= 0.3 is 0 Å². The maximum atomic E-state index is 9.46. The van der Waals surface area contributed by atoms with E-state index in [-0.39, 0.29) is 0 Å². The lowest BCUT2D eigenvalue weighted by atomic mass is 9.77. The fraction of sp³-hybridized carbons (Fsp3) is 0.500. The van der Waals surface area contributed by atoms with Gasteiger partial charge in [0, 0.05) is 12.6 Å². The molecule has 0 spiro atoms. The molecule has 0 bridgehead atoms. The Labute approximate surface area is 84.0 Å². The van der Waals surface area contributed by atoms with Crippen LogP contribution in [0.3, 0.4) is 0 Å². The van der Waals surface area contributed by atoms with Gasteiger partial charge in [0.2, 0.25) is 0 Å². The number of hydrogen-bond acceptors (Lipinski definition) is 2. The zero-order valence-electron chi connectivity index (χ0n) is 8.16. The number of hydrogen-bond donors (Lipinski definition) is 2. The van der Waals surface area contributed by atoms with Gasteiger partial charge in [0.25, 0.3) is 0 Å². The molecule has 1 heterocycles. The summed E-state index contributed by atoms with van der Waals surface area (Å²) in [6.07, 6.45) is 4.05. The fourth-order valence-electron chi connectivity index (χ4n) is 2.56. The molecule has 3 rings (SSSR count). The van der Waals surface area contributed by atoms with E-state index in [9.17, 15) is 5.11 Å². The summed E-state index contributed by atoms with van der Waals surface area (Å²) < 4.78 is 0. The standard InChI is InChI=1S/C12H15NO/c14-10-5-4-9-7-13-12(11(9)6-10)8-2-1-3-8/h4-6,8,12-14H,1-3,7H2. The Hall–Kier alpha value is -1.02. The second-order valence-electron chi connectivity index (χ2n) is 4.43. The van der Waals surface area contributed by atoms with Crippen molar-refractivity contribution in [2.75, 3.05) is 0 Å². The van der Waals surface area contributed by atoms with Gasteiger partial charge in [0.1, 0.15) is 5.75 Å². The van der Waals surface area contributed by atoms with Gasteiger partial charge in [0.15, 0.2) is 0 Å². The lowest BCUT2D eigenvalue weighted by Crippen LogP contribution is -2.26. The average molecular weight is 189 g/mol. The summed E-state index contributed by atoms with van der Waals surface area (Å²) in [4.78, 5) is 0. The van der Waals surface area contributed by atoms with Crippen LogP contribution in [0, 0.1) is 5.92 Å². The molecule has 0 amide bonds. The Morgan fingerprint density at radius 3 is 2.86 bits per heavy atom. The zero-order valence-corrected chi connectivity index (χ0v) is 8.16. The van der Waals surface area contributed by atoms with Crippen molar-refractivity contribution in [2.24, 2.45) is 5.92 Å². The van der Waals surface area contributed by atoms with Gasteiger partial charge in [-0.1, -0.05) is 12.5 Å². The Kier molecular flexibility index (Phi) is 1.77. The van der Waals surface area contributed by atoms with Crippen LogP contribution in [0.4, 0.5) is 0 Å². The quantitative estimate of drug-likeness (QED) is 0.710. The molecule has 2 nitrogen and oxygen atoms in total. The second kappa shape index (κ2) is 2.99. The summed E-state index contributed by atoms with van der Waals surface area (Å²) in [6.45, 7) is 0.969. The molecular formula is C12H15NO. The van der Waals surface area contributed by atoms with Gasteiger partial charge < -0.3 is 10.4 Å². The van der Waals surface area contributed by atoms with Gasteiger partial charge in [-0.15, -0.1) is 0 Å². The number of benzene rings is 1. The van der Waals surface area contributed by atoms with Gasteiger partial charge in [-0.3, -0.25) is 0 Å². The van der Waals surface area contributed by atoms with E-state index in [0.29, 0.717) is 11.8 Å². The van der Waals surface area contributed by atoms with E-state index in [1.54, 1.807) is 6.07 Å². The van der Waals surface area contributed by atoms with Gasteiger partial charge in [-0.25, -0.2) is 0 Å². The van der Waals surface area contributed by atoms with Crippen molar-refractivity contribution in [1.82, 2.24) is 5.32 Å². The third kappa shape index (κ3) is 1.14. The van der Waals surface area contributed by atoms with Crippen LogP contribution in [-0.4, -0.2) is 5.11 Å². The summed E-state index contributed by atoms with van der Waals surface area (Å²) in [5.74, 6) is 1.20. The smallest absolute Gasteiger partial charge is 0.115 e. The van der Waals surface area contributed by atoms with Crippen LogP contribution in [0.15, 0.2) is 18.2 Å². The topological polar surface area (TPSA) is 32.3 Å². The zero-order chi connectivity index (χ0) is 9.54. The first-order valence-electron chi connectivity index (χ1n) is 5.40. The highest BCUT2D eigenvalue weighted by Gasteiger charge is 2.32. The van der Waals surface area contributed by atoms with Crippen molar-refractivity contribution in [3.8, 4) is 5.75 Å². The highest BCUT2D eigenvalue weighted by molar-refractivity contribution is 5.40. The molecule has 14 heavy (non-hydrogen) atoms. The van der Waals surface area contributed by atoms with Crippen molar-refractivity contribution >= 4 is 0 Å². The molecule has 1 aliphatic heterocycles. The molecule has 1 fully saturated rings. The van der Waals surface area contributed by atoms with Crippen LogP contribution in [0.2, 0.25) is 0 Å². The van der Waals surface area contributed by atoms with E-state index in [1.807, 2.05) is 12.1 Å². The second-order valence-corrected chi connectivity index (χ2v) is 4.43. The van der Waals surface area contributed by atoms with Crippen LogP contribution in [0.1, 0.15) is 36.4 Å². The molecule has 0 radical (unpaired) electrons. The summed E-state index contributed by atoms with van der Waals surface area (Å²) in [5, 5.41) is 13.0. The van der Waals surface area contributed by atoms with Gasteiger partial charge in [-0.05, 0) is 42.0 Å². The lowest BCUT2D eigenvalue weighted by molar-refractivity contribution is 0.240. The summed E-state index contributed by atoms with van der Waals surface area (Å²) >= 11 is 0. The summed E-state index contributed by atoms with van der Waals surface area (Å²) in [7, 11) is 0. The number of phenols is 1. The Balaban J connectivity index is 1.95. The van der Waals surface area contributed by atoms with Gasteiger partial charge in [-0.2, -0.15) is 0 Å². The number of fused-ring (bicyclic) bond motifs is 1. The van der Waals surface area contributed by atoms with Crippen molar-refractivity contribution < 1.29 is 5.11 Å². The minimum absolute atomic E-state index is 0.400. The predicted molar refractivity (Wildman–Crippen MR) is 55.0 cm³/mol. The highest BCUT2D eigenvalue weighted by atomic mass is 16.3. The van der Waals surface area contributed by atoms with E-state index >= 15 is 0 Å². The Morgan fingerprint density at radius 2 is 2.14 bits per heavy atom. The molecule has 1 aliphatic carbocycles. The minimum Gasteiger partial charge on any atom is -0.508 e. The van der Waals surface area contributed by atoms with E-state index in [1.165, 1.54) is 30.4 Å². The van der Waals surface area contributed by atoms with Gasteiger partial charge in [0.05, 0.1) is 0 Å². The fourth-order valence-corrected chi connectivity index (χ4v) is 2.56. The molecule has 0 aromatic heterocycles. The normalized spacial score (nSPS) is 25.9. The highest BCUT2D eigenvalue weighted by Crippen LogP contribution is 2.42. The average Bonchev–Trinajstić information content (AvgIpc) is 2.46. The van der Waals surface area contributed by atoms with E-state index in [2.05, 4.69) is 5.32 Å². The molecule has 1 aromatic rings. The lowest BCUT2D eigenvalue weighted by Gasteiger charge is -2.31. The SMILES string of the molecule is Oc1ccc2c(c1)C(C1CCC1)NC2. The van der Waals surface area contributed by atoms with Crippen molar-refractivity contribution in [2.45, 2.75) is 31.8 Å². The molecule has 2 heteroatoms. The summed E-state index contributed by atoms with van der Waals surface area (Å²) in [6, 6.07) is 6.25. The number of phenolic OH excluding ortho intramolecular Hbond substituents is 1. The number of rotatable bonds is 1. The first kappa shape index (κ1) is 8.30. The molecule has 1 aromatic carbocycles. The predicted octanol–water partition coefficient (Wildman–Crippen LogP) is 2.34. The molecule has 2 aliphatic rings. The molecule has 74 valence electrons. The van der Waals surface area contributed by atoms with Crippen molar-refractivity contribution in [3.63, 3.8) is 0 Å². The van der Waals surface area contributed by atoms with E-state index < -0.39 is 0 Å². The Morgan fingerprint density at radius 1 is 1.29 bits per heavy atom. The van der Waals surface area contributed by atoms with Crippen LogP contribution in [0.5, 0.6) is 5.75 Å². The number of nitrogens with one attached hydrogen (secondary N) is 1. The first-order chi connectivity index (χ1) is 6.84. The molecule has 1 saturated carbocycles. The first-order valence-corrected chi connectivity index (χ1v) is 5.40. The Bertz CT molecular complexity index is 357. The third-order valence-electron chi connectivity index (χ3n) is 3.60. The number of aromatic hydroxyl groups is 1. The third-order valence-corrected chi connectivity index (χ3v) is 3.60. The maximum absolute atomic E-state index is 9.46. The maximum Gasteiger partial charge on any atom is 0.115 e. The van der Waals surface area contributed by atoms with Crippen LogP contribution < -0.4 is 5.32 Å². The molecular weight excluding hydrogens is 174 g/mol. The van der Waals surface area contributed by atoms with Crippen molar-refractivity contribution in [1.29, 1.82) is 0 Å². The monoisotopic (exact) mass is 189 g/mol. The van der Waals surface area contributed by atoms with Crippen LogP contribution in [-0.2, 0) is 6.54 Å².